The third-order valence-corrected chi connectivity index (χ3v) is 11.7. The Morgan fingerprint density at radius 1 is 1.06 bits per heavy atom. The van der Waals surface area contributed by atoms with Gasteiger partial charge in [0.15, 0.2) is 41.0 Å². The molecule has 0 aliphatic heterocycles. The van der Waals surface area contributed by atoms with Crippen molar-refractivity contribution < 1.29 is 34.3 Å². The first-order valence-corrected chi connectivity index (χ1v) is 18.5. The number of aromatic hydroxyl groups is 2. The Labute approximate surface area is 302 Å². The molecular formula is C40H58N4O7. The number of guanidine groups is 1. The summed E-state index contributed by atoms with van der Waals surface area (Å²) in [6.45, 7) is 0.576. The van der Waals surface area contributed by atoms with Crippen LogP contribution in [0.4, 0.5) is 5.69 Å². The number of aliphatic imine (C=N–C) groups is 1. The second-order valence-electron chi connectivity index (χ2n) is 15.1. The number of methoxy groups -OCH3 is 2. The Kier molecular flexibility index (Phi) is 12.6. The topological polar surface area (TPSA) is 168 Å². The minimum absolute atomic E-state index is 0.0332. The van der Waals surface area contributed by atoms with Crippen LogP contribution in [0.3, 0.4) is 0 Å². The van der Waals surface area contributed by atoms with Gasteiger partial charge in [-0.3, -0.25) is 9.79 Å². The van der Waals surface area contributed by atoms with E-state index in [0.29, 0.717) is 49.4 Å². The van der Waals surface area contributed by atoms with Crippen molar-refractivity contribution in [1.29, 1.82) is 0 Å². The van der Waals surface area contributed by atoms with Crippen LogP contribution in [0.1, 0.15) is 94.6 Å². The average Bonchev–Trinajstić information content (AvgIpc) is 3.89. The number of aliphatic hydroxyl groups is 1. The van der Waals surface area contributed by atoms with Crippen molar-refractivity contribution in [1.82, 2.24) is 5.32 Å². The lowest BCUT2D eigenvalue weighted by Gasteiger charge is -2.34. The van der Waals surface area contributed by atoms with Crippen LogP contribution >= 0.6 is 0 Å². The fourth-order valence-corrected chi connectivity index (χ4v) is 8.92. The molecule has 7 N–H and O–H groups in total. The highest BCUT2D eigenvalue weighted by atomic mass is 16.6. The second-order valence-corrected chi connectivity index (χ2v) is 15.1. The van der Waals surface area contributed by atoms with Gasteiger partial charge in [-0.05, 0) is 118 Å². The first-order chi connectivity index (χ1) is 24.5. The number of ether oxygens (including phenoxy) is 3. The number of nitrogens with one attached hydrogen (secondary N) is 2. The smallest absolute Gasteiger partial charge is 0.192 e. The molecule has 0 spiro atoms. The molecule has 0 unspecified atom stereocenters. The van der Waals surface area contributed by atoms with Gasteiger partial charge in [-0.25, -0.2) is 0 Å². The van der Waals surface area contributed by atoms with Crippen molar-refractivity contribution in [3.05, 3.63) is 53.6 Å². The summed E-state index contributed by atoms with van der Waals surface area (Å²) in [6, 6.07) is 9.28. The predicted molar refractivity (Wildman–Crippen MR) is 200 cm³/mol. The van der Waals surface area contributed by atoms with E-state index in [1.807, 2.05) is 31.3 Å². The molecule has 51 heavy (non-hydrogen) atoms. The van der Waals surface area contributed by atoms with Crippen molar-refractivity contribution in [3.8, 4) is 23.0 Å². The maximum absolute atomic E-state index is 14.0. The molecule has 3 fully saturated rings. The molecule has 3 aliphatic rings. The van der Waals surface area contributed by atoms with E-state index < -0.39 is 17.3 Å². The Morgan fingerprint density at radius 3 is 2.45 bits per heavy atom. The minimum atomic E-state index is -0.828. The zero-order valence-corrected chi connectivity index (χ0v) is 30.8. The van der Waals surface area contributed by atoms with Crippen molar-refractivity contribution >= 4 is 17.4 Å². The highest BCUT2D eigenvalue weighted by molar-refractivity contribution is 5.95. The van der Waals surface area contributed by atoms with E-state index in [2.05, 4.69) is 21.7 Å². The van der Waals surface area contributed by atoms with Crippen LogP contribution in [-0.2, 0) is 21.4 Å². The van der Waals surface area contributed by atoms with Crippen LogP contribution in [0.2, 0.25) is 0 Å². The molecule has 3 aliphatic carbocycles. The van der Waals surface area contributed by atoms with E-state index in [-0.39, 0.29) is 34.6 Å². The number of carbonyl (C=O) groups excluding carboxylic acids is 1. The molecule has 3 atom stereocenters. The van der Waals surface area contributed by atoms with Gasteiger partial charge in [0.2, 0.25) is 0 Å². The lowest BCUT2D eigenvalue weighted by atomic mass is 9.74. The number of phenolic OH excluding ortho intramolecular Hbond substituents is 2. The third-order valence-electron chi connectivity index (χ3n) is 11.7. The van der Waals surface area contributed by atoms with Gasteiger partial charge in [-0.15, -0.1) is 0 Å². The largest absolute Gasteiger partial charge is 0.504 e. The van der Waals surface area contributed by atoms with Crippen LogP contribution < -0.4 is 25.8 Å². The third kappa shape index (κ3) is 8.81. The zero-order valence-electron chi connectivity index (χ0n) is 30.8. The van der Waals surface area contributed by atoms with Gasteiger partial charge >= 0.3 is 0 Å². The Morgan fingerprint density at radius 2 is 1.78 bits per heavy atom. The number of allylic oxidation sites excluding steroid dienone is 2. The number of hydrogen-bond acceptors (Lipinski definition) is 9. The second kappa shape index (κ2) is 16.7. The predicted octanol–water partition coefficient (Wildman–Crippen LogP) is 6.09. The number of nitrogens with two attached hydrogens (primary N) is 1. The highest BCUT2D eigenvalue weighted by Gasteiger charge is 2.44. The normalized spacial score (nSPS) is 23.5. The van der Waals surface area contributed by atoms with Gasteiger partial charge in [0.25, 0.3) is 0 Å². The van der Waals surface area contributed by atoms with Gasteiger partial charge in [-0.2, -0.15) is 0 Å². The van der Waals surface area contributed by atoms with E-state index in [1.54, 1.807) is 19.2 Å². The summed E-state index contributed by atoms with van der Waals surface area (Å²) in [7, 11) is 6.52. The number of hydrogen-bond donors (Lipinski definition) is 6. The number of phenols is 2. The van der Waals surface area contributed by atoms with Crippen molar-refractivity contribution in [2.45, 2.75) is 107 Å². The fourth-order valence-electron chi connectivity index (χ4n) is 8.92. The summed E-state index contributed by atoms with van der Waals surface area (Å²) in [5.41, 5.74) is 7.21. The number of aliphatic hydroxyl groups excluding tert-OH is 1. The number of benzene rings is 2. The molecule has 3 saturated carbocycles. The molecule has 280 valence electrons. The molecule has 11 heteroatoms. The van der Waals surface area contributed by atoms with E-state index in [9.17, 15) is 20.1 Å². The van der Waals surface area contributed by atoms with Gasteiger partial charge in [0.05, 0.1) is 12.8 Å². The maximum Gasteiger partial charge on any atom is 0.192 e. The minimum Gasteiger partial charge on any atom is -0.504 e. The van der Waals surface area contributed by atoms with Gasteiger partial charge in [0.1, 0.15) is 5.60 Å². The number of likely N-dealkylation sites (N-methyl/N-ethyl adjacent to an activating group) is 1. The fraction of sp³-hybridized carbons (Fsp3) is 0.600. The molecule has 2 aromatic rings. The van der Waals surface area contributed by atoms with E-state index in [1.165, 1.54) is 14.2 Å². The van der Waals surface area contributed by atoms with Crippen molar-refractivity contribution in [2.24, 2.45) is 22.1 Å². The first-order valence-electron chi connectivity index (χ1n) is 18.5. The zero-order chi connectivity index (χ0) is 36.6. The summed E-state index contributed by atoms with van der Waals surface area (Å²) in [6.07, 6.45) is 14.8. The standard InChI is InChI=1S/C40H58N4O7/c1-42-26-40(19-13-28(25-40)21-35(47)50-4)51-33-23-29(22-30(36(33)48)44-37(41)43-2)38(14-5-6-15-38)18-9-10-34(46)39(16-7-8-17-39)24-27-11-12-31(45)32(20-27)49-3/h9-12,20,22-23,28,35,42,45,47-48H,5-8,13-19,21,24-26H2,1-4H3,(H3,41,43,44)/b10-9+/t28-,35-,40+/m1/s1. The molecule has 0 saturated heterocycles. The molecule has 2 aromatic carbocycles. The van der Waals surface area contributed by atoms with Gasteiger partial charge < -0.3 is 45.9 Å². The van der Waals surface area contributed by atoms with Crippen molar-refractivity contribution in [2.75, 3.05) is 40.2 Å². The highest BCUT2D eigenvalue weighted by Crippen LogP contribution is 2.51. The van der Waals surface area contributed by atoms with Crippen LogP contribution in [0.15, 0.2) is 47.5 Å². The number of carbonyl (C=O) groups is 1. The Bertz CT molecular complexity index is 1560. The molecule has 0 amide bonds. The summed E-state index contributed by atoms with van der Waals surface area (Å²) < 4.78 is 17.3. The molecule has 5 rings (SSSR count). The number of anilines is 1. The van der Waals surface area contributed by atoms with Crippen LogP contribution in [0, 0.1) is 11.3 Å². The molecule has 11 nitrogen and oxygen atoms in total. The lowest BCUT2D eigenvalue weighted by molar-refractivity contribution is -0.123. The molecular weight excluding hydrogens is 648 g/mol. The number of rotatable bonds is 16. The Balaban J connectivity index is 1.43. The van der Waals surface area contributed by atoms with Gasteiger partial charge in [0, 0.05) is 32.5 Å². The summed E-state index contributed by atoms with van der Waals surface area (Å²) in [5.74, 6) is 1.38. The quantitative estimate of drug-likeness (QED) is 0.0396. The molecule has 0 radical (unpaired) electrons. The van der Waals surface area contributed by atoms with Crippen LogP contribution in [0.5, 0.6) is 23.0 Å². The van der Waals surface area contributed by atoms with Crippen molar-refractivity contribution in [3.63, 3.8) is 0 Å². The van der Waals surface area contributed by atoms with Crippen LogP contribution in [0.25, 0.3) is 0 Å². The van der Waals surface area contributed by atoms with Gasteiger partial charge in [-0.1, -0.05) is 37.8 Å². The number of nitrogens with zero attached hydrogens (tertiary/aromatic N) is 1. The number of ketones is 1. The maximum atomic E-state index is 14.0. The Hall–Kier alpha value is -3.80. The van der Waals surface area contributed by atoms with E-state index in [0.717, 1.165) is 75.3 Å². The summed E-state index contributed by atoms with van der Waals surface area (Å²) >= 11 is 0. The summed E-state index contributed by atoms with van der Waals surface area (Å²) in [4.78, 5) is 18.1. The SMILES string of the molecule is CN=C(N)Nc1cc(C2(C/C=C/C(=O)C3(Cc4ccc(O)c(OC)c4)CCCC3)CCCC2)cc(O[C@@]2(CNC)CC[C@H](C[C@H](O)OC)C2)c1O. The molecule has 0 aromatic heterocycles. The van der Waals surface area contributed by atoms with E-state index >= 15 is 0 Å². The molecule has 0 heterocycles. The lowest BCUT2D eigenvalue weighted by Crippen LogP contribution is -2.43. The molecule has 0 bridgehead atoms. The summed E-state index contributed by atoms with van der Waals surface area (Å²) in [5, 5.41) is 38.2. The van der Waals surface area contributed by atoms with E-state index in [4.69, 9.17) is 19.9 Å². The average molecular weight is 707 g/mol. The van der Waals surface area contributed by atoms with Crippen LogP contribution in [-0.4, -0.2) is 73.8 Å². The first kappa shape index (κ1) is 38.4. The monoisotopic (exact) mass is 706 g/mol.